The lowest BCUT2D eigenvalue weighted by Gasteiger charge is -2.52. The second-order valence-corrected chi connectivity index (χ2v) is 9.87. The summed E-state index contributed by atoms with van der Waals surface area (Å²) in [5.74, 6) is -2.03. The van der Waals surface area contributed by atoms with Crippen LogP contribution in [0.2, 0.25) is 0 Å². The SMILES string of the molecule is CC(C)OC(=O)c1cccc(N2C(=O)[C@@H]3C4c5ccccc5C(C)(c5ccccc54)[C@H]3C2=O)c1. The van der Waals surface area contributed by atoms with Gasteiger partial charge >= 0.3 is 5.97 Å². The highest BCUT2D eigenvalue weighted by molar-refractivity contribution is 6.24. The molecule has 34 heavy (non-hydrogen) atoms. The fourth-order valence-corrected chi connectivity index (χ4v) is 6.46. The molecule has 0 unspecified atom stereocenters. The number of rotatable bonds is 3. The molecule has 4 aliphatic rings. The van der Waals surface area contributed by atoms with E-state index in [0.29, 0.717) is 11.3 Å². The number of amides is 2. The van der Waals surface area contributed by atoms with Gasteiger partial charge in [-0.2, -0.15) is 0 Å². The van der Waals surface area contributed by atoms with Crippen LogP contribution in [0.25, 0.3) is 0 Å². The van der Waals surface area contributed by atoms with Crippen LogP contribution in [-0.4, -0.2) is 23.9 Å². The molecule has 3 aromatic rings. The summed E-state index contributed by atoms with van der Waals surface area (Å²) >= 11 is 0. The van der Waals surface area contributed by atoms with Gasteiger partial charge in [0, 0.05) is 11.3 Å². The Morgan fingerprint density at radius 3 is 2.12 bits per heavy atom. The van der Waals surface area contributed by atoms with Crippen molar-refractivity contribution in [1.29, 1.82) is 0 Å². The van der Waals surface area contributed by atoms with Gasteiger partial charge in [0.2, 0.25) is 11.8 Å². The first-order valence-corrected chi connectivity index (χ1v) is 11.7. The van der Waals surface area contributed by atoms with Crippen molar-refractivity contribution in [1.82, 2.24) is 0 Å². The van der Waals surface area contributed by atoms with Gasteiger partial charge in [0.1, 0.15) is 0 Å². The molecule has 0 spiro atoms. The lowest BCUT2D eigenvalue weighted by molar-refractivity contribution is -0.123. The van der Waals surface area contributed by atoms with E-state index in [1.807, 2.05) is 24.3 Å². The minimum atomic E-state index is -0.609. The quantitative estimate of drug-likeness (QED) is 0.423. The minimum absolute atomic E-state index is 0.172. The third-order valence-corrected chi connectivity index (χ3v) is 7.73. The van der Waals surface area contributed by atoms with Crippen LogP contribution in [0.1, 0.15) is 59.3 Å². The Hall–Kier alpha value is -3.73. The zero-order valence-electron chi connectivity index (χ0n) is 19.3. The molecule has 1 saturated heterocycles. The molecule has 170 valence electrons. The molecule has 0 saturated carbocycles. The Kier molecular flexibility index (Phi) is 4.37. The number of carbonyl (C=O) groups excluding carboxylic acids is 3. The smallest absolute Gasteiger partial charge is 0.338 e. The summed E-state index contributed by atoms with van der Waals surface area (Å²) in [7, 11) is 0. The van der Waals surface area contributed by atoms with Crippen molar-refractivity contribution in [3.63, 3.8) is 0 Å². The topological polar surface area (TPSA) is 63.7 Å². The molecular formula is C29H25NO4. The van der Waals surface area contributed by atoms with Crippen LogP contribution in [0.15, 0.2) is 72.8 Å². The molecule has 2 atom stereocenters. The number of hydrogen-bond donors (Lipinski definition) is 0. The number of ether oxygens (including phenoxy) is 1. The normalized spacial score (nSPS) is 26.4. The molecule has 3 aliphatic carbocycles. The summed E-state index contributed by atoms with van der Waals surface area (Å²) in [6.07, 6.45) is -0.262. The Morgan fingerprint density at radius 1 is 0.882 bits per heavy atom. The van der Waals surface area contributed by atoms with E-state index < -0.39 is 23.2 Å². The molecule has 1 aliphatic heterocycles. The van der Waals surface area contributed by atoms with Crippen molar-refractivity contribution in [2.75, 3.05) is 4.90 Å². The summed E-state index contributed by atoms with van der Waals surface area (Å²) in [5, 5.41) is 0. The molecule has 5 nitrogen and oxygen atoms in total. The Bertz CT molecular complexity index is 1330. The summed E-state index contributed by atoms with van der Waals surface area (Å²) < 4.78 is 5.32. The van der Waals surface area contributed by atoms with Gasteiger partial charge in [0.05, 0.1) is 29.2 Å². The summed E-state index contributed by atoms with van der Waals surface area (Å²) in [6.45, 7) is 5.67. The van der Waals surface area contributed by atoms with Crippen LogP contribution < -0.4 is 4.90 Å². The van der Waals surface area contributed by atoms with Crippen molar-refractivity contribution in [3.8, 4) is 0 Å². The molecule has 5 heteroatoms. The van der Waals surface area contributed by atoms with Crippen LogP contribution >= 0.6 is 0 Å². The Balaban J connectivity index is 1.49. The van der Waals surface area contributed by atoms with Gasteiger partial charge in [-0.1, -0.05) is 61.5 Å². The molecule has 0 N–H and O–H groups in total. The maximum absolute atomic E-state index is 14.0. The second kappa shape index (κ2) is 7.13. The van der Waals surface area contributed by atoms with Crippen molar-refractivity contribution >= 4 is 23.5 Å². The van der Waals surface area contributed by atoms with Crippen LogP contribution in [0.5, 0.6) is 0 Å². The fourth-order valence-electron chi connectivity index (χ4n) is 6.46. The first-order valence-electron chi connectivity index (χ1n) is 11.7. The van der Waals surface area contributed by atoms with Crippen molar-refractivity contribution in [2.24, 2.45) is 11.8 Å². The maximum Gasteiger partial charge on any atom is 0.338 e. The van der Waals surface area contributed by atoms with Gasteiger partial charge in [-0.15, -0.1) is 0 Å². The van der Waals surface area contributed by atoms with Gasteiger partial charge < -0.3 is 4.74 Å². The Labute approximate surface area is 198 Å². The number of benzene rings is 3. The van der Waals surface area contributed by atoms with E-state index in [4.69, 9.17) is 4.74 Å². The molecule has 1 heterocycles. The van der Waals surface area contributed by atoms with E-state index in [1.54, 1.807) is 38.1 Å². The van der Waals surface area contributed by atoms with E-state index in [9.17, 15) is 14.4 Å². The number of nitrogens with zero attached hydrogens (tertiary/aromatic N) is 1. The number of imide groups is 1. The van der Waals surface area contributed by atoms with Crippen molar-refractivity contribution < 1.29 is 19.1 Å². The second-order valence-electron chi connectivity index (χ2n) is 9.87. The molecule has 0 radical (unpaired) electrons. The van der Waals surface area contributed by atoms with E-state index in [2.05, 4.69) is 31.2 Å². The monoisotopic (exact) mass is 451 g/mol. The molecule has 1 fully saturated rings. The predicted molar refractivity (Wildman–Crippen MR) is 128 cm³/mol. The summed E-state index contributed by atoms with van der Waals surface area (Å²) in [5.41, 5.74) is 4.63. The van der Waals surface area contributed by atoms with E-state index >= 15 is 0 Å². The third kappa shape index (κ3) is 2.58. The largest absolute Gasteiger partial charge is 0.459 e. The van der Waals surface area contributed by atoms with Crippen LogP contribution in [0, 0.1) is 11.8 Å². The molecule has 2 amide bonds. The zero-order chi connectivity index (χ0) is 23.8. The first kappa shape index (κ1) is 20.8. The molecule has 3 aromatic carbocycles. The van der Waals surface area contributed by atoms with Crippen LogP contribution in [0.3, 0.4) is 0 Å². The highest BCUT2D eigenvalue weighted by Gasteiger charge is 2.66. The first-order chi connectivity index (χ1) is 16.3. The van der Waals surface area contributed by atoms with Crippen LogP contribution in [0.4, 0.5) is 5.69 Å². The number of anilines is 1. The summed E-state index contributed by atoms with van der Waals surface area (Å²) in [6, 6.07) is 23.0. The van der Waals surface area contributed by atoms with Gasteiger partial charge in [-0.25, -0.2) is 9.69 Å². The minimum Gasteiger partial charge on any atom is -0.459 e. The zero-order valence-corrected chi connectivity index (χ0v) is 19.3. The Morgan fingerprint density at radius 2 is 1.50 bits per heavy atom. The highest BCUT2D eigenvalue weighted by atomic mass is 16.5. The standard InChI is InChI=1S/C29H25NO4/c1-16(2)34-28(33)17-9-8-10-18(15-17)30-26(31)24-23-19-11-4-6-13-21(19)29(3,25(24)27(30)32)22-14-7-5-12-20(22)23/h4-16,23-25H,1-3H3/t23?,24-,25-,29?/m1/s1. The molecule has 2 bridgehead atoms. The van der Waals surface area contributed by atoms with E-state index in [0.717, 1.165) is 22.3 Å². The average Bonchev–Trinajstić information content (AvgIpc) is 3.10. The molecule has 7 rings (SSSR count). The number of hydrogen-bond acceptors (Lipinski definition) is 4. The van der Waals surface area contributed by atoms with Crippen LogP contribution in [-0.2, 0) is 19.7 Å². The predicted octanol–water partition coefficient (Wildman–Crippen LogP) is 4.82. The third-order valence-electron chi connectivity index (χ3n) is 7.73. The van der Waals surface area contributed by atoms with Gasteiger partial charge in [0.15, 0.2) is 0 Å². The molecule has 0 aromatic heterocycles. The highest BCUT2D eigenvalue weighted by Crippen LogP contribution is 2.64. The number of esters is 1. The molecular weight excluding hydrogens is 426 g/mol. The van der Waals surface area contributed by atoms with Crippen molar-refractivity contribution in [2.45, 2.75) is 38.2 Å². The van der Waals surface area contributed by atoms with Gasteiger partial charge in [-0.3, -0.25) is 9.59 Å². The van der Waals surface area contributed by atoms with E-state index in [-0.39, 0.29) is 23.8 Å². The van der Waals surface area contributed by atoms with Gasteiger partial charge in [-0.05, 0) is 54.3 Å². The number of carbonyl (C=O) groups is 3. The lowest BCUT2D eigenvalue weighted by Crippen LogP contribution is -2.51. The average molecular weight is 452 g/mol. The lowest BCUT2D eigenvalue weighted by atomic mass is 9.48. The fraction of sp³-hybridized carbons (Fsp3) is 0.276. The maximum atomic E-state index is 14.0. The van der Waals surface area contributed by atoms with Crippen molar-refractivity contribution in [3.05, 3.63) is 101 Å². The summed E-state index contributed by atoms with van der Waals surface area (Å²) in [4.78, 5) is 41.7. The van der Waals surface area contributed by atoms with Gasteiger partial charge in [0.25, 0.3) is 0 Å². The van der Waals surface area contributed by atoms with E-state index in [1.165, 1.54) is 4.90 Å².